The van der Waals surface area contributed by atoms with Crippen molar-refractivity contribution in [2.24, 2.45) is 0 Å². The van der Waals surface area contributed by atoms with E-state index in [4.69, 9.17) is 24.4 Å². The Morgan fingerprint density at radius 3 is 1.98 bits per heavy atom. The van der Waals surface area contributed by atoms with Gasteiger partial charge in [0.25, 0.3) is 0 Å². The Labute approximate surface area is 280 Å². The fourth-order valence-electron chi connectivity index (χ4n) is 6.63. The predicted octanol–water partition coefficient (Wildman–Crippen LogP) is 10.4. The second kappa shape index (κ2) is 10.8. The van der Waals surface area contributed by atoms with Gasteiger partial charge in [0.05, 0.1) is 0 Å². The van der Waals surface area contributed by atoms with Crippen molar-refractivity contribution < 1.29 is 4.42 Å². The van der Waals surface area contributed by atoms with E-state index < -0.39 is 0 Å². The van der Waals surface area contributed by atoms with E-state index in [1.54, 1.807) is 0 Å². The van der Waals surface area contributed by atoms with E-state index in [0.717, 1.165) is 54.9 Å². The van der Waals surface area contributed by atoms with Gasteiger partial charge in [-0.05, 0) is 12.1 Å². The topological polar surface area (TPSA) is 64.7 Å². The minimum atomic E-state index is 0.158. The molecule has 0 spiro atoms. The Morgan fingerprint density at radius 2 is 1.12 bits per heavy atom. The summed E-state index contributed by atoms with van der Waals surface area (Å²) in [4.78, 5) is 20.2. The molecule has 0 radical (unpaired) electrons. The third-order valence-electron chi connectivity index (χ3n) is 8.95. The van der Waals surface area contributed by atoms with Crippen LogP contribution >= 0.6 is 0 Å². The van der Waals surface area contributed by atoms with Gasteiger partial charge in [-0.25, -0.2) is 0 Å². The average Bonchev–Trinajstić information content (AvgIpc) is 3.77. The van der Waals surface area contributed by atoms with E-state index in [-0.39, 0.29) is 14.5 Å². The van der Waals surface area contributed by atoms with Crippen LogP contribution in [0.5, 0.6) is 0 Å². The number of aromatic nitrogens is 4. The predicted molar refractivity (Wildman–Crippen MR) is 196 cm³/mol. The van der Waals surface area contributed by atoms with Crippen LogP contribution in [0.2, 0.25) is 0 Å². The average molecular weight is 680 g/mol. The van der Waals surface area contributed by atoms with Gasteiger partial charge in [0.2, 0.25) is 0 Å². The van der Waals surface area contributed by atoms with E-state index in [9.17, 15) is 0 Å². The standard InChI is InChI=1S/C42H24N4OSe/c1-3-10-27(11-4-1)39-44-40(46-41(45-39)32-16-9-15-31-30-14-7-8-17-35(30)48-38(31)32)29-21-19-25-18-20-26-22-23-34-37(36(26)33(25)24-29)47-42(43-34)28-12-5-2-6-13-28/h1-24H. The van der Waals surface area contributed by atoms with Crippen molar-refractivity contribution in [3.63, 3.8) is 0 Å². The fourth-order valence-corrected chi connectivity index (χ4v) is 9.17. The first-order valence-corrected chi connectivity index (χ1v) is 17.5. The molecule has 0 N–H and O–H groups in total. The molecule has 3 heterocycles. The van der Waals surface area contributed by atoms with Crippen LogP contribution in [0.15, 0.2) is 150 Å². The molecule has 48 heavy (non-hydrogen) atoms. The number of rotatable bonds is 4. The Kier molecular flexibility index (Phi) is 6.13. The fraction of sp³-hybridized carbons (Fsp3) is 0. The molecule has 10 aromatic rings. The zero-order chi connectivity index (χ0) is 31.6. The van der Waals surface area contributed by atoms with E-state index in [1.807, 2.05) is 54.6 Å². The summed E-state index contributed by atoms with van der Waals surface area (Å²) in [6.07, 6.45) is 0. The van der Waals surface area contributed by atoms with Crippen LogP contribution in [-0.2, 0) is 0 Å². The zero-order valence-electron chi connectivity index (χ0n) is 25.5. The molecule has 0 fully saturated rings. The molecular formula is C42H24N4OSe. The van der Waals surface area contributed by atoms with Gasteiger partial charge in [0.15, 0.2) is 0 Å². The van der Waals surface area contributed by atoms with Crippen molar-refractivity contribution in [3.05, 3.63) is 146 Å². The van der Waals surface area contributed by atoms with Crippen LogP contribution < -0.4 is 0 Å². The summed E-state index contributed by atoms with van der Waals surface area (Å²) in [6.45, 7) is 0. The first kappa shape index (κ1) is 27.2. The quantitative estimate of drug-likeness (QED) is 0.137. The molecule has 6 heteroatoms. The summed E-state index contributed by atoms with van der Waals surface area (Å²) < 4.78 is 9.20. The summed E-state index contributed by atoms with van der Waals surface area (Å²) in [7, 11) is 0. The molecule has 0 amide bonds. The van der Waals surface area contributed by atoms with Crippen LogP contribution in [0.25, 0.3) is 97.6 Å². The SMILES string of the molecule is c1ccc(-c2nc(-c3ccc4ccc5ccc6nc(-c7ccccc7)oc6c5c4c3)nc(-c3cccc4c3[se]c3ccccc34)n2)cc1. The summed E-state index contributed by atoms with van der Waals surface area (Å²) >= 11 is 0.158. The molecule has 5 nitrogen and oxygen atoms in total. The molecule has 0 aliphatic carbocycles. The van der Waals surface area contributed by atoms with Crippen molar-refractivity contribution in [1.29, 1.82) is 0 Å². The van der Waals surface area contributed by atoms with E-state index in [1.165, 1.54) is 19.3 Å². The van der Waals surface area contributed by atoms with Crippen molar-refractivity contribution in [1.82, 2.24) is 19.9 Å². The zero-order valence-corrected chi connectivity index (χ0v) is 27.2. The van der Waals surface area contributed by atoms with E-state index in [0.29, 0.717) is 23.4 Å². The van der Waals surface area contributed by atoms with Crippen molar-refractivity contribution in [2.75, 3.05) is 0 Å². The van der Waals surface area contributed by atoms with Gasteiger partial charge < -0.3 is 0 Å². The van der Waals surface area contributed by atoms with Crippen LogP contribution in [0.3, 0.4) is 0 Å². The van der Waals surface area contributed by atoms with Gasteiger partial charge in [-0.2, -0.15) is 0 Å². The Hall–Kier alpha value is -5.94. The molecule has 224 valence electrons. The number of nitrogens with zero attached hydrogens (tertiary/aromatic N) is 4. The molecule has 7 aromatic carbocycles. The normalized spacial score (nSPS) is 11.8. The van der Waals surface area contributed by atoms with Crippen LogP contribution in [0.4, 0.5) is 0 Å². The molecule has 0 unspecified atom stereocenters. The number of hydrogen-bond acceptors (Lipinski definition) is 5. The van der Waals surface area contributed by atoms with E-state index >= 15 is 0 Å². The van der Waals surface area contributed by atoms with Crippen LogP contribution in [-0.4, -0.2) is 34.4 Å². The van der Waals surface area contributed by atoms with Gasteiger partial charge in [0, 0.05) is 5.56 Å². The molecule has 0 atom stereocenters. The third kappa shape index (κ3) is 4.38. The number of fused-ring (bicyclic) bond motifs is 8. The van der Waals surface area contributed by atoms with Gasteiger partial charge >= 0.3 is 246 Å². The molecule has 0 saturated carbocycles. The van der Waals surface area contributed by atoms with Crippen LogP contribution in [0.1, 0.15) is 0 Å². The summed E-state index contributed by atoms with van der Waals surface area (Å²) in [5.74, 6) is 2.58. The van der Waals surface area contributed by atoms with Crippen molar-refractivity contribution in [3.8, 4) is 45.6 Å². The summed E-state index contributed by atoms with van der Waals surface area (Å²) in [5.41, 5.74) is 5.48. The van der Waals surface area contributed by atoms with E-state index in [2.05, 4.69) is 91.0 Å². The van der Waals surface area contributed by atoms with Crippen molar-refractivity contribution >= 4 is 66.4 Å². The second-order valence-corrected chi connectivity index (χ2v) is 14.1. The van der Waals surface area contributed by atoms with Gasteiger partial charge in [-0.1, -0.05) is 18.2 Å². The summed E-state index contributed by atoms with van der Waals surface area (Å²) in [6, 6.07) is 50.3. The summed E-state index contributed by atoms with van der Waals surface area (Å²) in [5, 5.41) is 6.87. The maximum atomic E-state index is 6.49. The second-order valence-electron chi connectivity index (χ2n) is 11.9. The Morgan fingerprint density at radius 1 is 0.458 bits per heavy atom. The molecule has 3 aromatic heterocycles. The molecule has 0 saturated heterocycles. The minimum absolute atomic E-state index is 0.158. The molecular weight excluding hydrogens is 655 g/mol. The molecule has 0 aliphatic rings. The monoisotopic (exact) mass is 680 g/mol. The number of hydrogen-bond donors (Lipinski definition) is 0. The first-order chi connectivity index (χ1) is 23.8. The third-order valence-corrected chi connectivity index (χ3v) is 11.5. The van der Waals surface area contributed by atoms with Gasteiger partial charge in [-0.15, -0.1) is 0 Å². The number of benzene rings is 7. The Bertz CT molecular complexity index is 2840. The Balaban J connectivity index is 1.21. The van der Waals surface area contributed by atoms with Gasteiger partial charge in [-0.3, -0.25) is 0 Å². The maximum absolute atomic E-state index is 6.49. The van der Waals surface area contributed by atoms with Crippen LogP contribution in [0, 0.1) is 0 Å². The first-order valence-electron chi connectivity index (χ1n) is 15.8. The van der Waals surface area contributed by atoms with Gasteiger partial charge in [0.1, 0.15) is 0 Å². The molecule has 0 bridgehead atoms. The number of oxazole rings is 1. The van der Waals surface area contributed by atoms with Crippen molar-refractivity contribution in [2.45, 2.75) is 0 Å². The molecule has 0 aliphatic heterocycles. The molecule has 10 rings (SSSR count).